The Balaban J connectivity index is 2.31. The first-order valence-corrected chi connectivity index (χ1v) is 5.02. The zero-order valence-electron chi connectivity index (χ0n) is 7.27. The molecule has 1 heterocycles. The molecule has 0 fully saturated rings. The van der Waals surface area contributed by atoms with Crippen LogP contribution in [0, 0.1) is 0 Å². The maximum absolute atomic E-state index is 5.17. The Bertz CT molecular complexity index is 323. The van der Waals surface area contributed by atoms with Gasteiger partial charge < -0.3 is 4.84 Å². The molecule has 13 heavy (non-hydrogen) atoms. The van der Waals surface area contributed by atoms with Gasteiger partial charge in [-0.25, -0.2) is 0 Å². The third-order valence-corrected chi connectivity index (χ3v) is 2.83. The van der Waals surface area contributed by atoms with Crippen molar-refractivity contribution in [2.24, 2.45) is 5.16 Å². The highest BCUT2D eigenvalue weighted by Gasteiger charge is 2.30. The van der Waals surface area contributed by atoms with Crippen molar-refractivity contribution in [1.82, 2.24) is 0 Å². The number of hydrogen-bond donors (Lipinski definition) is 0. The maximum Gasteiger partial charge on any atom is 0.137 e. The van der Waals surface area contributed by atoms with Crippen LogP contribution in [0.1, 0.15) is 18.4 Å². The molecule has 2 atom stereocenters. The molecule has 0 unspecified atom stereocenters. The van der Waals surface area contributed by atoms with Gasteiger partial charge in [-0.05, 0) is 28.4 Å². The zero-order chi connectivity index (χ0) is 9.26. The Kier molecular flexibility index (Phi) is 2.36. The molecule has 2 nitrogen and oxygen atoms in total. The SMILES string of the molecule is C[C@@H]1ON=C(Br)[C@@H]1c1ccccc1. The van der Waals surface area contributed by atoms with Gasteiger partial charge in [0, 0.05) is 0 Å². The molecule has 0 amide bonds. The molecule has 0 aromatic heterocycles. The van der Waals surface area contributed by atoms with Crippen molar-refractivity contribution in [3.8, 4) is 0 Å². The highest BCUT2D eigenvalue weighted by molar-refractivity contribution is 9.18. The van der Waals surface area contributed by atoms with Gasteiger partial charge >= 0.3 is 0 Å². The summed E-state index contributed by atoms with van der Waals surface area (Å²) >= 11 is 3.41. The molecule has 2 rings (SSSR count). The zero-order valence-corrected chi connectivity index (χ0v) is 8.86. The second-order valence-corrected chi connectivity index (χ2v) is 3.93. The molecule has 1 aromatic rings. The van der Waals surface area contributed by atoms with Crippen LogP contribution in [0.25, 0.3) is 0 Å². The van der Waals surface area contributed by atoms with E-state index in [1.54, 1.807) is 0 Å². The van der Waals surface area contributed by atoms with Crippen molar-refractivity contribution < 1.29 is 4.84 Å². The largest absolute Gasteiger partial charge is 0.391 e. The molecule has 0 radical (unpaired) electrons. The molecule has 1 aliphatic heterocycles. The highest BCUT2D eigenvalue weighted by atomic mass is 79.9. The van der Waals surface area contributed by atoms with Crippen molar-refractivity contribution in [1.29, 1.82) is 0 Å². The van der Waals surface area contributed by atoms with Gasteiger partial charge in [-0.2, -0.15) is 0 Å². The van der Waals surface area contributed by atoms with Crippen molar-refractivity contribution in [3.05, 3.63) is 35.9 Å². The fourth-order valence-corrected chi connectivity index (χ4v) is 2.23. The third kappa shape index (κ3) is 1.61. The predicted molar refractivity (Wildman–Crippen MR) is 56.1 cm³/mol. The van der Waals surface area contributed by atoms with Gasteiger partial charge in [0.05, 0.1) is 5.92 Å². The summed E-state index contributed by atoms with van der Waals surface area (Å²) in [4.78, 5) is 5.17. The number of halogens is 1. The number of rotatable bonds is 1. The summed E-state index contributed by atoms with van der Waals surface area (Å²) in [7, 11) is 0. The summed E-state index contributed by atoms with van der Waals surface area (Å²) in [6.45, 7) is 2.02. The molecule has 3 heteroatoms. The molecule has 68 valence electrons. The standard InChI is InChI=1S/C10H10BrNO/c1-7-9(10(11)12-13-7)8-5-3-2-4-6-8/h2-7,9H,1H3/t7-,9-/m0/s1. The van der Waals surface area contributed by atoms with Crippen LogP contribution in [0.2, 0.25) is 0 Å². The minimum atomic E-state index is 0.122. The van der Waals surface area contributed by atoms with E-state index < -0.39 is 0 Å². The van der Waals surface area contributed by atoms with E-state index in [1.807, 2.05) is 25.1 Å². The number of oxime groups is 1. The summed E-state index contributed by atoms with van der Waals surface area (Å²) in [5, 5.41) is 3.91. The molecule has 0 bridgehead atoms. The van der Waals surface area contributed by atoms with Crippen LogP contribution < -0.4 is 0 Å². The lowest BCUT2D eigenvalue weighted by atomic mass is 9.96. The average molecular weight is 240 g/mol. The second kappa shape index (κ2) is 3.50. The number of hydrogen-bond acceptors (Lipinski definition) is 2. The molecule has 0 saturated carbocycles. The van der Waals surface area contributed by atoms with Crippen LogP contribution in [0.4, 0.5) is 0 Å². The van der Waals surface area contributed by atoms with Gasteiger partial charge in [0.2, 0.25) is 0 Å². The van der Waals surface area contributed by atoms with E-state index in [-0.39, 0.29) is 12.0 Å². The Morgan fingerprint density at radius 1 is 1.31 bits per heavy atom. The van der Waals surface area contributed by atoms with Crippen LogP contribution in [-0.4, -0.2) is 10.7 Å². The molecule has 0 aliphatic carbocycles. The van der Waals surface area contributed by atoms with Crippen LogP contribution in [0.15, 0.2) is 35.5 Å². The Morgan fingerprint density at radius 3 is 2.54 bits per heavy atom. The third-order valence-electron chi connectivity index (χ3n) is 2.19. The van der Waals surface area contributed by atoms with Gasteiger partial charge in [0.25, 0.3) is 0 Å². The van der Waals surface area contributed by atoms with Crippen molar-refractivity contribution in [2.75, 3.05) is 0 Å². The van der Waals surface area contributed by atoms with Crippen molar-refractivity contribution in [3.63, 3.8) is 0 Å². The van der Waals surface area contributed by atoms with Gasteiger partial charge in [-0.15, -0.1) is 0 Å². The number of benzene rings is 1. The molecular weight excluding hydrogens is 230 g/mol. The second-order valence-electron chi connectivity index (χ2n) is 3.11. The molecule has 0 spiro atoms. The lowest BCUT2D eigenvalue weighted by Gasteiger charge is -2.12. The van der Waals surface area contributed by atoms with Crippen LogP contribution in [0.3, 0.4) is 0 Å². The molecule has 1 aliphatic rings. The van der Waals surface area contributed by atoms with Gasteiger partial charge in [0.15, 0.2) is 0 Å². The highest BCUT2D eigenvalue weighted by Crippen LogP contribution is 2.31. The Hall–Kier alpha value is -0.830. The summed E-state index contributed by atoms with van der Waals surface area (Å²) in [6, 6.07) is 10.2. The van der Waals surface area contributed by atoms with E-state index in [0.717, 1.165) is 4.62 Å². The minimum absolute atomic E-state index is 0.122. The minimum Gasteiger partial charge on any atom is -0.391 e. The van der Waals surface area contributed by atoms with Crippen molar-refractivity contribution >= 4 is 20.6 Å². The topological polar surface area (TPSA) is 21.6 Å². The fraction of sp³-hybridized carbons (Fsp3) is 0.300. The van der Waals surface area contributed by atoms with E-state index in [9.17, 15) is 0 Å². The lowest BCUT2D eigenvalue weighted by Crippen LogP contribution is -2.14. The van der Waals surface area contributed by atoms with Crippen molar-refractivity contribution in [2.45, 2.75) is 18.9 Å². The first kappa shape index (κ1) is 8.75. The van der Waals surface area contributed by atoms with E-state index >= 15 is 0 Å². The molecular formula is C10H10BrNO. The first-order valence-electron chi connectivity index (χ1n) is 4.23. The van der Waals surface area contributed by atoms with E-state index in [0.29, 0.717) is 0 Å². The van der Waals surface area contributed by atoms with E-state index in [4.69, 9.17) is 4.84 Å². The Morgan fingerprint density at radius 2 is 2.00 bits per heavy atom. The molecule has 0 N–H and O–H groups in total. The average Bonchev–Trinajstić information content (AvgIpc) is 2.48. The molecule has 0 saturated heterocycles. The van der Waals surface area contributed by atoms with E-state index in [2.05, 4.69) is 33.2 Å². The Labute approximate surface area is 85.7 Å². The van der Waals surface area contributed by atoms with Gasteiger partial charge in [0.1, 0.15) is 10.7 Å². The summed E-state index contributed by atoms with van der Waals surface area (Å²) in [5.41, 5.74) is 1.24. The van der Waals surface area contributed by atoms with Gasteiger partial charge in [-0.3, -0.25) is 0 Å². The fourth-order valence-electron chi connectivity index (χ4n) is 1.51. The van der Waals surface area contributed by atoms with Crippen LogP contribution in [0.5, 0.6) is 0 Å². The molecule has 1 aromatic carbocycles. The summed E-state index contributed by atoms with van der Waals surface area (Å²) in [5.74, 6) is 0.251. The normalized spacial score (nSPS) is 26.8. The van der Waals surface area contributed by atoms with Gasteiger partial charge in [-0.1, -0.05) is 35.5 Å². The summed E-state index contributed by atoms with van der Waals surface area (Å²) in [6.07, 6.45) is 0.122. The lowest BCUT2D eigenvalue weighted by molar-refractivity contribution is 0.0905. The van der Waals surface area contributed by atoms with Crippen LogP contribution >= 0.6 is 15.9 Å². The predicted octanol–water partition coefficient (Wildman–Crippen LogP) is 2.90. The monoisotopic (exact) mass is 239 g/mol. The smallest absolute Gasteiger partial charge is 0.137 e. The maximum atomic E-state index is 5.17. The summed E-state index contributed by atoms with van der Waals surface area (Å²) < 4.78 is 0.881. The van der Waals surface area contributed by atoms with Crippen LogP contribution in [-0.2, 0) is 4.84 Å². The van der Waals surface area contributed by atoms with E-state index in [1.165, 1.54) is 5.56 Å². The quantitative estimate of drug-likeness (QED) is 0.739. The number of nitrogens with zero attached hydrogens (tertiary/aromatic N) is 1. The first-order chi connectivity index (χ1) is 6.29.